The van der Waals surface area contributed by atoms with Crippen molar-refractivity contribution in [2.45, 2.75) is 38.3 Å². The highest BCUT2D eigenvalue weighted by Crippen LogP contribution is 2.12. The van der Waals surface area contributed by atoms with Gasteiger partial charge in [-0.2, -0.15) is 0 Å². The lowest BCUT2D eigenvalue weighted by atomic mass is 10.7. The van der Waals surface area contributed by atoms with E-state index in [9.17, 15) is 0 Å². The fraction of sp³-hybridized carbons (Fsp3) is 0.700. The molecule has 92 valence electrons. The van der Waals surface area contributed by atoms with Gasteiger partial charge in [0.25, 0.3) is 0 Å². The van der Waals surface area contributed by atoms with Crippen LogP contribution in [0.2, 0.25) is 25.7 Å². The molecule has 0 bridgehead atoms. The molecule has 0 spiro atoms. The molecule has 0 N–H and O–H groups in total. The number of hydrogen-bond donors (Lipinski definition) is 0. The van der Waals surface area contributed by atoms with Gasteiger partial charge in [0, 0.05) is 20.9 Å². The number of nitrogens with zero attached hydrogens (tertiary/aromatic N) is 2. The maximum absolute atomic E-state index is 5.78. The minimum Gasteiger partial charge on any atom is -0.361 e. The molecule has 1 heterocycles. The molecule has 1 rings (SSSR count). The van der Waals surface area contributed by atoms with Gasteiger partial charge in [0.2, 0.25) is 0 Å². The number of aromatic nitrogens is 2. The first-order chi connectivity index (χ1) is 7.42. The highest BCUT2D eigenvalue weighted by Gasteiger charge is 2.12. The Bertz CT molecular complexity index is 338. The van der Waals surface area contributed by atoms with Gasteiger partial charge in [0.15, 0.2) is 0 Å². The molecule has 16 heavy (non-hydrogen) atoms. The first kappa shape index (κ1) is 14.2. The molecule has 0 fully saturated rings. The van der Waals surface area contributed by atoms with Crippen LogP contribution in [0.3, 0.4) is 0 Å². The Morgan fingerprint density at radius 3 is 2.75 bits per heavy atom. The van der Waals surface area contributed by atoms with Crippen LogP contribution in [0, 0.1) is 0 Å². The summed E-state index contributed by atoms with van der Waals surface area (Å²) in [6.07, 6.45) is 1.90. The van der Waals surface area contributed by atoms with Crippen LogP contribution in [0.25, 0.3) is 0 Å². The van der Waals surface area contributed by atoms with Crippen molar-refractivity contribution >= 4 is 35.6 Å². The molecule has 0 aliphatic heterocycles. The van der Waals surface area contributed by atoms with Crippen LogP contribution in [0.1, 0.15) is 5.82 Å². The molecule has 0 radical (unpaired) electrons. The van der Waals surface area contributed by atoms with Crippen LogP contribution in [0.4, 0.5) is 0 Å². The predicted octanol–water partition coefficient (Wildman–Crippen LogP) is 3.70. The number of rotatable bonds is 6. The van der Waals surface area contributed by atoms with Crippen molar-refractivity contribution in [3.63, 3.8) is 0 Å². The summed E-state index contributed by atoms with van der Waals surface area (Å²) in [6, 6.07) is 1.18. The Balaban J connectivity index is 2.37. The molecule has 0 atom stereocenters. The molecule has 0 amide bonds. The third-order valence-corrected chi connectivity index (χ3v) is 4.50. The minimum atomic E-state index is -0.997. The van der Waals surface area contributed by atoms with E-state index in [1.54, 1.807) is 0 Å². The van der Waals surface area contributed by atoms with Gasteiger partial charge in [-0.3, -0.25) is 0 Å². The summed E-state index contributed by atoms with van der Waals surface area (Å²) in [5.41, 5.74) is 0. The van der Waals surface area contributed by atoms with Crippen molar-refractivity contribution in [3.8, 4) is 0 Å². The summed E-state index contributed by atoms with van der Waals surface area (Å²) in [5.74, 6) is 1.24. The predicted molar refractivity (Wildman–Crippen MR) is 73.6 cm³/mol. The molecule has 0 saturated carbocycles. The lowest BCUT2D eigenvalue weighted by Gasteiger charge is -2.15. The molecule has 0 unspecified atom stereocenters. The Hall–Kier alpha value is 0.157. The molecule has 3 nitrogen and oxygen atoms in total. The van der Waals surface area contributed by atoms with Crippen LogP contribution in [0.15, 0.2) is 10.8 Å². The van der Waals surface area contributed by atoms with Crippen molar-refractivity contribution in [1.82, 2.24) is 9.55 Å². The van der Waals surface area contributed by atoms with E-state index in [1.165, 1.54) is 6.04 Å². The van der Waals surface area contributed by atoms with Crippen molar-refractivity contribution in [2.75, 3.05) is 6.61 Å². The lowest BCUT2D eigenvalue weighted by Crippen LogP contribution is -2.22. The smallest absolute Gasteiger partial charge is 0.126 e. The van der Waals surface area contributed by atoms with Gasteiger partial charge >= 0.3 is 0 Å². The average Bonchev–Trinajstić information content (AvgIpc) is 2.52. The zero-order valence-corrected chi connectivity index (χ0v) is 13.3. The molecular formula is C10H18BrClN2OSi. The van der Waals surface area contributed by atoms with Crippen LogP contribution in [0.5, 0.6) is 0 Å². The summed E-state index contributed by atoms with van der Waals surface area (Å²) in [4.78, 5) is 4.23. The first-order valence-electron chi connectivity index (χ1n) is 5.27. The largest absolute Gasteiger partial charge is 0.361 e. The van der Waals surface area contributed by atoms with Crippen molar-refractivity contribution in [2.24, 2.45) is 0 Å². The van der Waals surface area contributed by atoms with E-state index in [-0.39, 0.29) is 0 Å². The monoisotopic (exact) mass is 324 g/mol. The molecule has 0 saturated heterocycles. The lowest BCUT2D eigenvalue weighted by molar-refractivity contribution is 0.0855. The van der Waals surface area contributed by atoms with Crippen molar-refractivity contribution in [1.29, 1.82) is 0 Å². The standard InChI is InChI=1S/C10H18BrClN2OSi/c1-16(2,3)5-4-15-8-14-7-9(11)13-10(14)6-12/h7H,4-6,8H2,1-3H3. The molecule has 0 aliphatic rings. The zero-order valence-electron chi connectivity index (χ0n) is 9.96. The second-order valence-corrected chi connectivity index (χ2v) is 11.6. The SMILES string of the molecule is C[Si](C)(C)CCOCn1cc(Br)nc1CCl. The second kappa shape index (κ2) is 6.19. The molecule has 0 aliphatic carbocycles. The molecule has 1 aromatic rings. The van der Waals surface area contributed by atoms with Crippen LogP contribution in [-0.2, 0) is 17.3 Å². The van der Waals surface area contributed by atoms with Crippen molar-refractivity contribution in [3.05, 3.63) is 16.6 Å². The average molecular weight is 326 g/mol. The highest BCUT2D eigenvalue weighted by molar-refractivity contribution is 9.10. The molecule has 0 aromatic carbocycles. The third-order valence-electron chi connectivity index (χ3n) is 2.18. The van der Waals surface area contributed by atoms with E-state index in [1.807, 2.05) is 10.8 Å². The van der Waals surface area contributed by atoms with E-state index < -0.39 is 8.07 Å². The number of imidazole rings is 1. The summed E-state index contributed by atoms with van der Waals surface area (Å²) >= 11 is 9.10. The van der Waals surface area contributed by atoms with Crippen LogP contribution in [-0.4, -0.2) is 24.2 Å². The van der Waals surface area contributed by atoms with E-state index >= 15 is 0 Å². The third kappa shape index (κ3) is 4.99. The Labute approximate surface area is 111 Å². The fourth-order valence-corrected chi connectivity index (χ4v) is 2.60. The maximum Gasteiger partial charge on any atom is 0.126 e. The Morgan fingerprint density at radius 1 is 1.50 bits per heavy atom. The Morgan fingerprint density at radius 2 is 2.19 bits per heavy atom. The number of alkyl halides is 1. The second-order valence-electron chi connectivity index (χ2n) is 4.93. The number of ether oxygens (including phenoxy) is 1. The van der Waals surface area contributed by atoms with Gasteiger partial charge in [-0.25, -0.2) is 4.98 Å². The van der Waals surface area contributed by atoms with Gasteiger partial charge in [-0.05, 0) is 22.0 Å². The number of hydrogen-bond acceptors (Lipinski definition) is 2. The maximum atomic E-state index is 5.78. The summed E-state index contributed by atoms with van der Waals surface area (Å²) < 4.78 is 8.36. The molecular weight excluding hydrogens is 308 g/mol. The van der Waals surface area contributed by atoms with Gasteiger partial charge in [0.1, 0.15) is 17.2 Å². The van der Waals surface area contributed by atoms with Crippen molar-refractivity contribution < 1.29 is 4.74 Å². The quantitative estimate of drug-likeness (QED) is 0.453. The van der Waals surface area contributed by atoms with E-state index in [2.05, 4.69) is 40.6 Å². The minimum absolute atomic E-state index is 0.406. The Kier molecular flexibility index (Phi) is 5.50. The molecule has 1 aromatic heterocycles. The van der Waals surface area contributed by atoms with E-state index in [0.29, 0.717) is 12.6 Å². The van der Waals surface area contributed by atoms with E-state index in [4.69, 9.17) is 16.3 Å². The topological polar surface area (TPSA) is 27.1 Å². The first-order valence-corrected chi connectivity index (χ1v) is 10.3. The van der Waals surface area contributed by atoms with Crippen LogP contribution < -0.4 is 0 Å². The van der Waals surface area contributed by atoms with E-state index in [0.717, 1.165) is 17.0 Å². The summed E-state index contributed by atoms with van der Waals surface area (Å²) in [6.45, 7) is 8.37. The normalized spacial score (nSPS) is 12.1. The summed E-state index contributed by atoms with van der Waals surface area (Å²) in [7, 11) is -0.997. The zero-order chi connectivity index (χ0) is 12.2. The fourth-order valence-electron chi connectivity index (χ4n) is 1.18. The van der Waals surface area contributed by atoms with Gasteiger partial charge in [-0.15, -0.1) is 11.6 Å². The van der Waals surface area contributed by atoms with Crippen LogP contribution >= 0.6 is 27.5 Å². The molecule has 6 heteroatoms. The summed E-state index contributed by atoms with van der Waals surface area (Å²) in [5, 5.41) is 0. The highest BCUT2D eigenvalue weighted by atomic mass is 79.9. The number of halogens is 2. The van der Waals surface area contributed by atoms with Gasteiger partial charge in [0.05, 0.1) is 5.88 Å². The van der Waals surface area contributed by atoms with Gasteiger partial charge < -0.3 is 9.30 Å². The van der Waals surface area contributed by atoms with Gasteiger partial charge in [-0.1, -0.05) is 19.6 Å².